The smallest absolute Gasteiger partial charge is 0.246 e. The molecule has 30 heavy (non-hydrogen) atoms. The number of para-hydroxylation sites is 1. The van der Waals surface area contributed by atoms with Crippen LogP contribution < -0.4 is 5.32 Å². The molecule has 1 aromatic heterocycles. The third-order valence-electron chi connectivity index (χ3n) is 4.94. The van der Waals surface area contributed by atoms with E-state index in [0.29, 0.717) is 11.2 Å². The molecule has 0 atom stereocenters. The van der Waals surface area contributed by atoms with Crippen molar-refractivity contribution in [1.29, 1.82) is 0 Å². The minimum Gasteiger partial charge on any atom is -0.302 e. The number of sulfonamides is 1. The second-order valence-corrected chi connectivity index (χ2v) is 10.6. The van der Waals surface area contributed by atoms with Crippen LogP contribution in [-0.4, -0.2) is 36.7 Å². The number of halogens is 3. The molecular formula is C19H16BrF2N3O3S2. The summed E-state index contributed by atoms with van der Waals surface area (Å²) in [7, 11) is -4.17. The lowest BCUT2D eigenvalue weighted by Crippen LogP contribution is -2.41. The summed E-state index contributed by atoms with van der Waals surface area (Å²) < 4.78 is 55.5. The van der Waals surface area contributed by atoms with Crippen LogP contribution in [0, 0.1) is 17.6 Å². The van der Waals surface area contributed by atoms with Gasteiger partial charge in [0.15, 0.2) is 5.13 Å². The van der Waals surface area contributed by atoms with Gasteiger partial charge in [0, 0.05) is 23.5 Å². The summed E-state index contributed by atoms with van der Waals surface area (Å²) in [4.78, 5) is 16.3. The second kappa shape index (κ2) is 8.29. The third-order valence-corrected chi connectivity index (χ3v) is 8.43. The van der Waals surface area contributed by atoms with Gasteiger partial charge in [-0.2, -0.15) is 4.31 Å². The lowest BCUT2D eigenvalue weighted by molar-refractivity contribution is -0.120. The molecule has 158 valence electrons. The second-order valence-electron chi connectivity index (χ2n) is 6.85. The van der Waals surface area contributed by atoms with Crippen molar-refractivity contribution < 1.29 is 22.0 Å². The first-order chi connectivity index (χ1) is 14.3. The summed E-state index contributed by atoms with van der Waals surface area (Å²) >= 11 is 4.78. The van der Waals surface area contributed by atoms with Gasteiger partial charge in [-0.15, -0.1) is 0 Å². The fourth-order valence-electron chi connectivity index (χ4n) is 3.35. The molecule has 0 bridgehead atoms. The zero-order valence-electron chi connectivity index (χ0n) is 15.4. The minimum atomic E-state index is -4.17. The lowest BCUT2D eigenvalue weighted by Gasteiger charge is -2.30. The molecule has 3 aromatic rings. The van der Waals surface area contributed by atoms with Crippen molar-refractivity contribution in [2.24, 2.45) is 5.92 Å². The number of carbonyl (C=O) groups excluding carboxylic acids is 1. The van der Waals surface area contributed by atoms with Crippen molar-refractivity contribution in [3.63, 3.8) is 0 Å². The Morgan fingerprint density at radius 1 is 1.20 bits per heavy atom. The topological polar surface area (TPSA) is 79.4 Å². The predicted molar refractivity (Wildman–Crippen MR) is 114 cm³/mol. The van der Waals surface area contributed by atoms with Crippen LogP contribution in [0.5, 0.6) is 0 Å². The highest BCUT2D eigenvalue weighted by atomic mass is 79.9. The van der Waals surface area contributed by atoms with Gasteiger partial charge in [-0.25, -0.2) is 22.2 Å². The van der Waals surface area contributed by atoms with Gasteiger partial charge in [-0.3, -0.25) is 4.79 Å². The first-order valence-electron chi connectivity index (χ1n) is 9.07. The normalized spacial score (nSPS) is 16.1. The summed E-state index contributed by atoms with van der Waals surface area (Å²) in [5.41, 5.74) is 0.760. The molecule has 0 aliphatic carbocycles. The number of hydrogen-bond donors (Lipinski definition) is 1. The zero-order chi connectivity index (χ0) is 21.5. The van der Waals surface area contributed by atoms with Gasteiger partial charge < -0.3 is 5.32 Å². The van der Waals surface area contributed by atoms with E-state index in [1.807, 2.05) is 18.2 Å². The van der Waals surface area contributed by atoms with E-state index < -0.39 is 32.5 Å². The Morgan fingerprint density at radius 3 is 2.63 bits per heavy atom. The van der Waals surface area contributed by atoms with Crippen molar-refractivity contribution in [2.75, 3.05) is 18.4 Å². The van der Waals surface area contributed by atoms with Crippen molar-refractivity contribution >= 4 is 58.5 Å². The van der Waals surface area contributed by atoms with Crippen LogP contribution in [0.25, 0.3) is 10.2 Å². The molecule has 1 amide bonds. The van der Waals surface area contributed by atoms with Gasteiger partial charge in [0.2, 0.25) is 15.9 Å². The molecular weight excluding hydrogens is 500 g/mol. The summed E-state index contributed by atoms with van der Waals surface area (Å²) in [6, 6.07) is 7.99. The molecule has 4 rings (SSSR count). The fourth-order valence-corrected chi connectivity index (χ4v) is 6.38. The Bertz CT molecular complexity index is 1220. The number of nitrogens with zero attached hydrogens (tertiary/aromatic N) is 2. The number of piperidine rings is 1. The number of aromatic nitrogens is 1. The van der Waals surface area contributed by atoms with Crippen LogP contribution in [0.4, 0.5) is 13.9 Å². The molecule has 0 saturated carbocycles. The Kier molecular flexibility index (Phi) is 5.88. The number of nitrogens with one attached hydrogen (secondary N) is 1. The third kappa shape index (κ3) is 4.11. The van der Waals surface area contributed by atoms with Crippen LogP contribution in [0.15, 0.2) is 45.8 Å². The molecule has 0 unspecified atom stereocenters. The number of carbonyl (C=O) groups is 1. The molecule has 1 N–H and O–H groups in total. The van der Waals surface area contributed by atoms with E-state index in [2.05, 4.69) is 26.2 Å². The Morgan fingerprint density at radius 2 is 1.93 bits per heavy atom. The van der Waals surface area contributed by atoms with Crippen LogP contribution in [0.3, 0.4) is 0 Å². The summed E-state index contributed by atoms with van der Waals surface area (Å²) in [6.07, 6.45) is 0.549. The molecule has 0 radical (unpaired) electrons. The largest absolute Gasteiger partial charge is 0.302 e. The minimum absolute atomic E-state index is 0.0434. The van der Waals surface area contributed by atoms with Gasteiger partial charge in [0.25, 0.3) is 0 Å². The van der Waals surface area contributed by atoms with Crippen LogP contribution >= 0.6 is 27.3 Å². The summed E-state index contributed by atoms with van der Waals surface area (Å²) in [6.45, 7) is 0.0868. The van der Waals surface area contributed by atoms with E-state index in [4.69, 9.17) is 0 Å². The van der Waals surface area contributed by atoms with Crippen molar-refractivity contribution in [3.05, 3.63) is 52.5 Å². The number of hydrogen-bond acceptors (Lipinski definition) is 5. The van der Waals surface area contributed by atoms with E-state index in [1.54, 1.807) is 0 Å². The maximum atomic E-state index is 13.9. The average Bonchev–Trinajstić information content (AvgIpc) is 3.13. The molecule has 1 fully saturated rings. The maximum Gasteiger partial charge on any atom is 0.246 e. The molecule has 2 aromatic carbocycles. The Labute approximate surface area is 184 Å². The van der Waals surface area contributed by atoms with Crippen LogP contribution in [0.1, 0.15) is 12.8 Å². The van der Waals surface area contributed by atoms with Gasteiger partial charge >= 0.3 is 0 Å². The molecule has 6 nitrogen and oxygen atoms in total. The predicted octanol–water partition coefficient (Wildman–Crippen LogP) is 4.38. The monoisotopic (exact) mass is 515 g/mol. The van der Waals surface area contributed by atoms with E-state index in [9.17, 15) is 22.0 Å². The summed E-state index contributed by atoms with van der Waals surface area (Å²) in [5, 5.41) is 3.27. The molecule has 2 heterocycles. The maximum absolute atomic E-state index is 13.9. The number of rotatable bonds is 4. The lowest BCUT2D eigenvalue weighted by atomic mass is 9.97. The fraction of sp³-hybridized carbons (Fsp3) is 0.263. The van der Waals surface area contributed by atoms with E-state index in [-0.39, 0.29) is 31.8 Å². The molecule has 0 spiro atoms. The van der Waals surface area contributed by atoms with E-state index in [1.165, 1.54) is 11.3 Å². The first-order valence-corrected chi connectivity index (χ1v) is 12.1. The zero-order valence-corrected chi connectivity index (χ0v) is 18.7. The number of anilines is 1. The number of amides is 1. The molecule has 11 heteroatoms. The van der Waals surface area contributed by atoms with E-state index in [0.717, 1.165) is 31.1 Å². The van der Waals surface area contributed by atoms with E-state index >= 15 is 0 Å². The summed E-state index contributed by atoms with van der Waals surface area (Å²) in [5.74, 6) is -2.46. The van der Waals surface area contributed by atoms with Gasteiger partial charge in [0.1, 0.15) is 16.5 Å². The highest BCUT2D eigenvalue weighted by Gasteiger charge is 2.34. The standard InChI is InChI=1S/C19H16BrF2N3O3S2/c20-13-2-1-3-15-17(13)23-19(29-15)24-18(26)11-6-8-25(9-7-11)30(27,28)16-10-12(21)4-5-14(16)22/h1-5,10-11H,6-9H2,(H,23,24,26). The van der Waals surface area contributed by atoms with Crippen molar-refractivity contribution in [3.8, 4) is 0 Å². The SMILES string of the molecule is O=C(Nc1nc2c(Br)cccc2s1)C1CCN(S(=O)(=O)c2cc(F)ccc2F)CC1. The molecule has 1 aliphatic rings. The van der Waals surface area contributed by atoms with Gasteiger partial charge in [0.05, 0.1) is 10.2 Å². The van der Waals surface area contributed by atoms with Gasteiger partial charge in [-0.1, -0.05) is 17.4 Å². The van der Waals surface area contributed by atoms with Crippen molar-refractivity contribution in [1.82, 2.24) is 9.29 Å². The quantitative estimate of drug-likeness (QED) is 0.559. The Balaban J connectivity index is 1.43. The highest BCUT2D eigenvalue weighted by molar-refractivity contribution is 9.10. The van der Waals surface area contributed by atoms with Crippen molar-refractivity contribution in [2.45, 2.75) is 17.7 Å². The highest BCUT2D eigenvalue weighted by Crippen LogP contribution is 2.32. The Hall–Kier alpha value is -1.95. The average molecular weight is 516 g/mol. The van der Waals surface area contributed by atoms with Crippen LogP contribution in [-0.2, 0) is 14.8 Å². The molecule has 1 aliphatic heterocycles. The number of thiazole rings is 1. The molecule has 1 saturated heterocycles. The number of fused-ring (bicyclic) bond motifs is 1. The van der Waals surface area contributed by atoms with Crippen LogP contribution in [0.2, 0.25) is 0 Å². The number of benzene rings is 2. The first kappa shape index (κ1) is 21.3. The van der Waals surface area contributed by atoms with Gasteiger partial charge in [-0.05, 0) is 59.1 Å².